The first-order valence-electron chi connectivity index (χ1n) is 7.27. The van der Waals surface area contributed by atoms with E-state index in [1.165, 1.54) is 17.5 Å². The number of hydrogen-bond donors (Lipinski definition) is 1. The molecule has 0 aliphatic carbocycles. The lowest BCUT2D eigenvalue weighted by Crippen LogP contribution is -2.26. The number of nitrogens with one attached hydrogen (secondary N) is 1. The van der Waals surface area contributed by atoms with Gasteiger partial charge in [-0.3, -0.25) is 4.79 Å². The van der Waals surface area contributed by atoms with Crippen LogP contribution in [-0.4, -0.2) is 25.0 Å². The van der Waals surface area contributed by atoms with Crippen LogP contribution < -0.4 is 5.32 Å². The summed E-state index contributed by atoms with van der Waals surface area (Å²) in [5, 5.41) is 3.38. The molecule has 102 valence electrons. The van der Waals surface area contributed by atoms with Gasteiger partial charge >= 0.3 is 0 Å². The van der Waals surface area contributed by atoms with Crippen molar-refractivity contribution in [3.05, 3.63) is 35.4 Å². The Labute approximate surface area is 114 Å². The Morgan fingerprint density at radius 3 is 3.05 bits per heavy atom. The molecule has 1 aromatic rings. The maximum atomic E-state index is 12.2. The summed E-state index contributed by atoms with van der Waals surface area (Å²) in [7, 11) is 0. The minimum absolute atomic E-state index is 0.0288. The molecule has 1 fully saturated rings. The summed E-state index contributed by atoms with van der Waals surface area (Å²) >= 11 is 0. The first kappa shape index (κ1) is 12.8. The Balaban J connectivity index is 1.62. The van der Waals surface area contributed by atoms with Gasteiger partial charge in [0, 0.05) is 18.9 Å². The fourth-order valence-corrected chi connectivity index (χ4v) is 3.14. The Bertz CT molecular complexity index is 452. The van der Waals surface area contributed by atoms with Crippen molar-refractivity contribution in [2.45, 2.75) is 44.2 Å². The number of fused-ring (bicyclic) bond motifs is 1. The molecule has 1 aromatic carbocycles. The van der Waals surface area contributed by atoms with Gasteiger partial charge in [-0.15, -0.1) is 0 Å². The standard InChI is InChI=1S/C16H21NO2/c18-14(10-13-5-3-8-17-13)11-16-15-6-2-1-4-12(15)7-9-19-16/h1-2,4,6,13,16-17H,3,5,7-11H2. The predicted molar refractivity (Wildman–Crippen MR) is 74.1 cm³/mol. The van der Waals surface area contributed by atoms with E-state index in [2.05, 4.69) is 23.5 Å². The Morgan fingerprint density at radius 2 is 2.21 bits per heavy atom. The smallest absolute Gasteiger partial charge is 0.137 e. The van der Waals surface area contributed by atoms with Gasteiger partial charge in [0.15, 0.2) is 0 Å². The molecule has 1 saturated heterocycles. The monoisotopic (exact) mass is 259 g/mol. The highest BCUT2D eigenvalue weighted by Crippen LogP contribution is 2.30. The minimum atomic E-state index is -0.0288. The van der Waals surface area contributed by atoms with Gasteiger partial charge in [-0.25, -0.2) is 0 Å². The van der Waals surface area contributed by atoms with Crippen molar-refractivity contribution < 1.29 is 9.53 Å². The van der Waals surface area contributed by atoms with Crippen molar-refractivity contribution in [2.24, 2.45) is 0 Å². The minimum Gasteiger partial charge on any atom is -0.373 e. The summed E-state index contributed by atoms with van der Waals surface area (Å²) in [4.78, 5) is 12.2. The van der Waals surface area contributed by atoms with E-state index in [0.29, 0.717) is 24.7 Å². The van der Waals surface area contributed by atoms with Crippen molar-refractivity contribution >= 4 is 5.78 Å². The van der Waals surface area contributed by atoms with Crippen molar-refractivity contribution in [2.75, 3.05) is 13.2 Å². The molecule has 1 N–H and O–H groups in total. The third-order valence-electron chi connectivity index (χ3n) is 4.14. The van der Waals surface area contributed by atoms with E-state index < -0.39 is 0 Å². The SMILES string of the molecule is O=C(CC1CCCN1)CC1OCCc2ccccc21. The lowest BCUT2D eigenvalue weighted by Gasteiger charge is -2.26. The van der Waals surface area contributed by atoms with Crippen LogP contribution in [0.3, 0.4) is 0 Å². The summed E-state index contributed by atoms with van der Waals surface area (Å²) in [6.07, 6.45) is 4.44. The lowest BCUT2D eigenvalue weighted by atomic mass is 9.93. The van der Waals surface area contributed by atoms with Crippen LogP contribution in [0.5, 0.6) is 0 Å². The van der Waals surface area contributed by atoms with Crippen LogP contribution in [0.25, 0.3) is 0 Å². The molecule has 3 nitrogen and oxygen atoms in total. The summed E-state index contributed by atoms with van der Waals surface area (Å²) in [5.41, 5.74) is 2.55. The van der Waals surface area contributed by atoms with Gasteiger partial charge < -0.3 is 10.1 Å². The third kappa shape index (κ3) is 3.04. The quantitative estimate of drug-likeness (QED) is 0.902. The number of carbonyl (C=O) groups excluding carboxylic acids is 1. The summed E-state index contributed by atoms with van der Waals surface area (Å²) < 4.78 is 5.80. The highest BCUT2D eigenvalue weighted by atomic mass is 16.5. The van der Waals surface area contributed by atoms with Gasteiger partial charge in [-0.05, 0) is 36.9 Å². The molecule has 0 amide bonds. The zero-order valence-corrected chi connectivity index (χ0v) is 11.2. The Hall–Kier alpha value is -1.19. The number of hydrogen-bond acceptors (Lipinski definition) is 3. The highest BCUT2D eigenvalue weighted by Gasteiger charge is 2.25. The molecule has 0 spiro atoms. The Kier molecular flexibility index (Phi) is 3.95. The van der Waals surface area contributed by atoms with Crippen molar-refractivity contribution in [1.82, 2.24) is 5.32 Å². The molecule has 0 saturated carbocycles. The topological polar surface area (TPSA) is 38.3 Å². The molecule has 0 radical (unpaired) electrons. The number of Topliss-reactive ketones (excluding diaryl/α,β-unsaturated/α-hetero) is 1. The highest BCUT2D eigenvalue weighted by molar-refractivity contribution is 5.79. The average molecular weight is 259 g/mol. The number of ether oxygens (including phenoxy) is 1. The largest absolute Gasteiger partial charge is 0.373 e. The van der Waals surface area contributed by atoms with E-state index in [1.54, 1.807) is 0 Å². The van der Waals surface area contributed by atoms with Gasteiger partial charge in [0.2, 0.25) is 0 Å². The van der Waals surface area contributed by atoms with Crippen molar-refractivity contribution in [3.8, 4) is 0 Å². The van der Waals surface area contributed by atoms with Crippen LogP contribution in [-0.2, 0) is 16.0 Å². The molecule has 2 aliphatic rings. The lowest BCUT2D eigenvalue weighted by molar-refractivity contribution is -0.122. The number of ketones is 1. The summed E-state index contributed by atoms with van der Waals surface area (Å²) in [6.45, 7) is 1.79. The van der Waals surface area contributed by atoms with Crippen molar-refractivity contribution in [3.63, 3.8) is 0 Å². The Morgan fingerprint density at radius 1 is 1.32 bits per heavy atom. The van der Waals surface area contributed by atoms with E-state index >= 15 is 0 Å². The van der Waals surface area contributed by atoms with E-state index in [1.807, 2.05) is 6.07 Å². The van der Waals surface area contributed by atoms with Gasteiger partial charge in [0.25, 0.3) is 0 Å². The van der Waals surface area contributed by atoms with Crippen LogP contribution in [0.1, 0.15) is 42.9 Å². The van der Waals surface area contributed by atoms with Gasteiger partial charge in [-0.2, -0.15) is 0 Å². The second-order valence-electron chi connectivity index (χ2n) is 5.55. The molecule has 3 rings (SSSR count). The molecule has 19 heavy (non-hydrogen) atoms. The van der Waals surface area contributed by atoms with E-state index in [4.69, 9.17) is 4.74 Å². The summed E-state index contributed by atoms with van der Waals surface area (Å²) in [5.74, 6) is 0.320. The van der Waals surface area contributed by atoms with Crippen LogP contribution in [0, 0.1) is 0 Å². The summed E-state index contributed by atoms with van der Waals surface area (Å²) in [6, 6.07) is 8.73. The van der Waals surface area contributed by atoms with Crippen LogP contribution in [0.2, 0.25) is 0 Å². The zero-order valence-electron chi connectivity index (χ0n) is 11.2. The maximum Gasteiger partial charge on any atom is 0.137 e. The average Bonchev–Trinajstić information content (AvgIpc) is 2.92. The molecule has 0 bridgehead atoms. The zero-order chi connectivity index (χ0) is 13.1. The fourth-order valence-electron chi connectivity index (χ4n) is 3.14. The molecule has 2 unspecified atom stereocenters. The van der Waals surface area contributed by atoms with Gasteiger partial charge in [-0.1, -0.05) is 24.3 Å². The fraction of sp³-hybridized carbons (Fsp3) is 0.562. The second kappa shape index (κ2) is 5.85. The van der Waals surface area contributed by atoms with E-state index in [-0.39, 0.29) is 6.10 Å². The predicted octanol–water partition coefficient (Wildman–Crippen LogP) is 2.40. The maximum absolute atomic E-state index is 12.2. The van der Waals surface area contributed by atoms with Crippen LogP contribution in [0.4, 0.5) is 0 Å². The molecule has 3 heteroatoms. The van der Waals surface area contributed by atoms with Crippen LogP contribution in [0.15, 0.2) is 24.3 Å². The van der Waals surface area contributed by atoms with Gasteiger partial charge in [0.1, 0.15) is 5.78 Å². The molecule has 2 atom stereocenters. The first-order valence-corrected chi connectivity index (χ1v) is 7.27. The third-order valence-corrected chi connectivity index (χ3v) is 4.14. The number of carbonyl (C=O) groups is 1. The van der Waals surface area contributed by atoms with E-state index in [9.17, 15) is 4.79 Å². The molecule has 0 aromatic heterocycles. The normalized spacial score (nSPS) is 26.1. The number of rotatable bonds is 4. The molecule has 2 aliphatic heterocycles. The van der Waals surface area contributed by atoms with Crippen LogP contribution >= 0.6 is 0 Å². The second-order valence-corrected chi connectivity index (χ2v) is 5.55. The first-order chi connectivity index (χ1) is 9.33. The molecule has 2 heterocycles. The van der Waals surface area contributed by atoms with Gasteiger partial charge in [0.05, 0.1) is 12.7 Å². The molecular weight excluding hydrogens is 238 g/mol. The number of benzene rings is 1. The van der Waals surface area contributed by atoms with E-state index in [0.717, 1.165) is 26.0 Å². The van der Waals surface area contributed by atoms with Crippen molar-refractivity contribution in [1.29, 1.82) is 0 Å². The molecular formula is C16H21NO2.